The molecule has 91 heavy (non-hydrogen) atoms. The smallest absolute Gasteiger partial charge is 0.870 e. The maximum Gasteiger partial charge on any atom is 1.00 e. The van der Waals surface area contributed by atoms with Crippen LogP contribution in [0, 0.1) is 0 Å². The van der Waals surface area contributed by atoms with Gasteiger partial charge in [0.25, 0.3) is 0 Å². The van der Waals surface area contributed by atoms with Gasteiger partial charge in [0.1, 0.15) is 58.8 Å². The van der Waals surface area contributed by atoms with E-state index in [4.69, 9.17) is 32.0 Å². The van der Waals surface area contributed by atoms with Crippen LogP contribution in [0.4, 0.5) is 68.2 Å². The molecule has 0 saturated carbocycles. The van der Waals surface area contributed by atoms with E-state index < -0.39 is 161 Å². The first-order valence-corrected chi connectivity index (χ1v) is 32.2. The third-order valence-electron chi connectivity index (χ3n) is 10.2. The second-order valence-corrected chi connectivity index (χ2v) is 26.5. The summed E-state index contributed by atoms with van der Waals surface area (Å²) < 4.78 is 224. The van der Waals surface area contributed by atoms with E-state index in [0.29, 0.717) is 18.2 Å². The number of azo groups is 4. The quantitative estimate of drug-likeness (QED) is 0.0114. The van der Waals surface area contributed by atoms with Crippen molar-refractivity contribution in [3.8, 4) is 0 Å². The number of nitrogens with zero attached hydrogens (tertiary/aromatic N) is 8. The fourth-order valence-corrected chi connectivity index (χ4v) is 11.3. The number of hydrogen-bond acceptors (Lipinski definition) is 35. The molecule has 0 heterocycles. The number of rotatable bonds is 23. The molecule has 0 aliphatic heterocycles. The number of nitrogen functional groups attached to an aromatic ring is 4. The third kappa shape index (κ3) is 26.8. The zero-order chi connectivity index (χ0) is 63.7. The van der Waals surface area contributed by atoms with Gasteiger partial charge in [0.15, 0.2) is 19.7 Å². The summed E-state index contributed by atoms with van der Waals surface area (Å²) in [6, 6.07) is 18.4. The van der Waals surface area contributed by atoms with Gasteiger partial charge in [-0.25, -0.2) is 50.5 Å². The minimum Gasteiger partial charge on any atom is -0.870 e. The van der Waals surface area contributed by atoms with E-state index in [9.17, 15) is 87.3 Å². The molecule has 6 aromatic carbocycles. The third-order valence-corrected chi connectivity index (χ3v) is 17.1. The Morgan fingerprint density at radius 1 is 0.451 bits per heavy atom. The van der Waals surface area contributed by atoms with Crippen LogP contribution in [-0.4, -0.2) is 124 Å². The van der Waals surface area contributed by atoms with E-state index in [-0.39, 0.29) is 198 Å². The maximum atomic E-state index is 12.5. The van der Waals surface area contributed by atoms with Gasteiger partial charge in [-0.05, 0) is 72.3 Å². The molecule has 0 spiro atoms. The van der Waals surface area contributed by atoms with Crippen molar-refractivity contribution in [1.82, 2.24) is 0 Å². The van der Waals surface area contributed by atoms with Gasteiger partial charge in [-0.3, -0.25) is 9.11 Å². The fourth-order valence-electron chi connectivity index (χ4n) is 6.31. The number of hydrogen-bond donors (Lipinski definition) is 6. The number of benzene rings is 6. The predicted octanol–water partition coefficient (Wildman–Crippen LogP) is -12.1. The average molecular weight is 1450 g/mol. The van der Waals surface area contributed by atoms with Crippen molar-refractivity contribution in [2.75, 3.05) is 47.7 Å². The monoisotopic (exact) mass is 1450 g/mol. The van der Waals surface area contributed by atoms with Crippen LogP contribution >= 0.6 is 0 Å². The normalized spacial score (nSPS) is 12.1. The van der Waals surface area contributed by atoms with Gasteiger partial charge >= 0.3 is 169 Å². The summed E-state index contributed by atoms with van der Waals surface area (Å²) >= 11 is 0. The molecule has 11 N–H and O–H groups in total. The van der Waals surface area contributed by atoms with Crippen LogP contribution in [0.25, 0.3) is 0 Å². The first-order chi connectivity index (χ1) is 39.2. The van der Waals surface area contributed by atoms with Crippen LogP contribution in [0.1, 0.15) is 15.9 Å². The number of carbonyl (C=O) groups is 1. The van der Waals surface area contributed by atoms with Gasteiger partial charge in [0.2, 0.25) is 0 Å². The summed E-state index contributed by atoms with van der Waals surface area (Å²) in [5, 5.41) is 40.9. The van der Waals surface area contributed by atoms with Crippen molar-refractivity contribution < 1.29 is 258 Å². The van der Waals surface area contributed by atoms with Crippen LogP contribution in [-0.2, 0) is 84.0 Å². The molecule has 0 saturated heterocycles. The molecule has 462 valence electrons. The van der Waals surface area contributed by atoms with Crippen LogP contribution in [0.15, 0.2) is 169 Å². The summed E-state index contributed by atoms with van der Waals surface area (Å²) in [6.45, 7) is -1.88. The van der Waals surface area contributed by atoms with E-state index in [2.05, 4.69) is 49.3 Å². The van der Waals surface area contributed by atoms with Crippen molar-refractivity contribution in [3.63, 3.8) is 0 Å². The molecule has 0 aliphatic carbocycles. The van der Waals surface area contributed by atoms with Gasteiger partial charge < -0.3 is 56.8 Å². The second kappa shape index (κ2) is 37.1. The van der Waals surface area contributed by atoms with Gasteiger partial charge in [-0.1, -0.05) is 18.2 Å². The van der Waals surface area contributed by atoms with Gasteiger partial charge in [-0.2, -0.15) is 38.2 Å². The zero-order valence-electron chi connectivity index (χ0n) is 47.2. The van der Waals surface area contributed by atoms with E-state index in [0.717, 1.165) is 30.3 Å². The Morgan fingerprint density at radius 2 is 0.835 bits per heavy atom. The number of anilines is 4. The summed E-state index contributed by atoms with van der Waals surface area (Å²) in [7, 11) is -34.2. The van der Waals surface area contributed by atoms with E-state index in [1.807, 2.05) is 0 Å². The van der Waals surface area contributed by atoms with Crippen LogP contribution < -0.4 is 176 Å². The van der Waals surface area contributed by atoms with Crippen molar-refractivity contribution in [3.05, 3.63) is 114 Å². The van der Waals surface area contributed by atoms with E-state index in [1.165, 1.54) is 54.6 Å². The molecule has 0 fully saturated rings. The van der Waals surface area contributed by atoms with Gasteiger partial charge in [0, 0.05) is 5.69 Å². The Labute approximate surface area is 628 Å². The standard InChI is InChI=1S/C21H19N6O13S4.C21H20N6O11S3.5Na.H2O/c22-19-16(26-24-13-3-1-2-12(8-13)11-28)10-18(43(34,35)36)20(23)21(19)27-25-15-5-4-14(9-17(15)42(31,32)33)41(29,30)7-6-40-44(37,38)39;22-18-16(26-24-13-4-6-15(7-5-13)39(30,31)9-8-38-41(35,36)37)11-17(40(32,33)34)19(23)20(18)27-25-14-3-1-2-12(10-14)21(28)29;;;;;;/h1-5,8-10H,6-7,22-23H2,(H,31,32,33)(H,34,35,36)(H,37,38,39);1-7,10-11H,8-9,22-23H2,(H,28,29)(H,32,33,34)(H,35,36,37);;;;;;1H2/q-1;;5*+1;/p-5. The molecule has 6 aromatic rings. The minimum absolute atomic E-state index is 0. The molecular weight excluding hydrogens is 1410 g/mol. The first kappa shape index (κ1) is 89.4. The van der Waals surface area contributed by atoms with Crippen LogP contribution in [0.5, 0.6) is 0 Å². The molecule has 49 heteroatoms. The average Bonchev–Trinajstić information content (AvgIpc) is 3.09. The van der Waals surface area contributed by atoms with Crippen molar-refractivity contribution in [2.24, 2.45) is 40.9 Å². The summed E-state index contributed by atoms with van der Waals surface area (Å²) in [5.74, 6) is -3.32. The molecule has 0 bridgehead atoms. The number of aromatic carboxylic acids is 1. The number of carboxylic acids is 1. The van der Waals surface area contributed by atoms with Gasteiger partial charge in [-0.15, -0.1) is 43.3 Å². The zero-order valence-corrected chi connectivity index (χ0v) is 62.9. The number of carboxylic acid groups (broad SMARTS) is 1. The molecule has 6 rings (SSSR count). The molecular formula is C42H36N12Na5O25S7-. The predicted molar refractivity (Wildman–Crippen MR) is 287 cm³/mol. The molecule has 0 unspecified atom stereocenters. The molecule has 0 atom stereocenters. The number of sulfone groups is 2. The molecule has 0 aromatic heterocycles. The van der Waals surface area contributed by atoms with Crippen LogP contribution in [0.3, 0.4) is 0 Å². The summed E-state index contributed by atoms with van der Waals surface area (Å²) in [4.78, 5) is 17.6. The Bertz CT molecular complexity index is 4620. The summed E-state index contributed by atoms with van der Waals surface area (Å²) in [5.41, 5.74) is 18.4. The second-order valence-electron chi connectivity index (χ2n) is 16.1. The Morgan fingerprint density at radius 3 is 1.26 bits per heavy atom. The Balaban J connectivity index is 0. The van der Waals surface area contributed by atoms with Crippen molar-refractivity contribution in [2.45, 2.75) is 24.5 Å². The van der Waals surface area contributed by atoms with E-state index in [1.54, 1.807) is 6.29 Å². The van der Waals surface area contributed by atoms with Crippen molar-refractivity contribution >= 4 is 151 Å². The van der Waals surface area contributed by atoms with E-state index >= 15 is 0 Å². The first-order valence-electron chi connectivity index (χ1n) is 21.9. The largest absolute Gasteiger partial charge is 1.00 e. The van der Waals surface area contributed by atoms with Gasteiger partial charge in [0.05, 0.1) is 95.6 Å². The SMILES string of the molecule is Nc1c(N=Nc2ccc(S(=O)(=O)CCOS(=O)(=O)O)cc2)cc(S(=O)(=O)[O-])c(N)c1N=Nc1cccc(C(=O)[O-])c1.Nc1c(N=Nc2cccc([C-]=O)c2)cc(S(=O)(=O)[O-])c(N)c1N=Nc1ccc(S(=O)(=O)CCOS(=O)(=O)O)cc1S(=O)(=O)[O-].[Na+].[Na+].[Na+].[Na+].[Na+].[OH-]. The summed E-state index contributed by atoms with van der Waals surface area (Å²) in [6.07, 6.45) is 1.62. The maximum absolute atomic E-state index is 12.5. The van der Waals surface area contributed by atoms with Crippen LogP contribution in [0.2, 0.25) is 0 Å². The minimum atomic E-state index is -5.47. The number of nitrogens with two attached hydrogens (primary N) is 4. The molecule has 0 amide bonds. The Hall–Kier alpha value is -3.61. The molecule has 0 aliphatic rings. The fraction of sp³-hybridized carbons (Fsp3) is 0.0952. The molecule has 0 radical (unpaired) electrons. The number of carbonyl (C=O) groups excluding carboxylic acids is 2. The topological polar surface area (TPSA) is 657 Å². The van der Waals surface area contributed by atoms with Crippen molar-refractivity contribution in [1.29, 1.82) is 0 Å². The molecule has 37 nitrogen and oxygen atoms in total. The Kier molecular flexibility index (Phi) is 36.4.